The van der Waals surface area contributed by atoms with E-state index in [1.165, 1.54) is 18.3 Å². The Hall–Kier alpha value is -1.25. The largest absolute Gasteiger partial charge is 0.375 e. The maximum absolute atomic E-state index is 12.8. The normalized spacial score (nSPS) is 10.8. The van der Waals surface area contributed by atoms with E-state index in [2.05, 4.69) is 63.6 Å². The minimum atomic E-state index is -0.318. The number of benzene rings is 2. The van der Waals surface area contributed by atoms with Gasteiger partial charge in [0, 0.05) is 13.4 Å². The summed E-state index contributed by atoms with van der Waals surface area (Å²) < 4.78 is 15.4. The van der Waals surface area contributed by atoms with Crippen LogP contribution in [0.3, 0.4) is 0 Å². The van der Waals surface area contributed by atoms with Crippen molar-refractivity contribution in [3.05, 3.63) is 61.2 Å². The van der Waals surface area contributed by atoms with Gasteiger partial charge >= 0.3 is 0 Å². The molecule has 0 aliphatic heterocycles. The van der Waals surface area contributed by atoms with Gasteiger partial charge in [-0.2, -0.15) is 5.10 Å². The first-order valence-electron chi connectivity index (χ1n) is 6.41. The van der Waals surface area contributed by atoms with Crippen molar-refractivity contribution in [1.29, 1.82) is 0 Å². The monoisotopic (exact) mass is 505 g/mol. The fourth-order valence-corrected chi connectivity index (χ4v) is 3.08. The number of anilines is 1. The quantitative estimate of drug-likeness (QED) is 0.351. The number of carbonyl (C=O) groups is 1. The average molecular weight is 508 g/mol. The van der Waals surface area contributed by atoms with E-state index in [-0.39, 0.29) is 18.3 Å². The van der Waals surface area contributed by atoms with Gasteiger partial charge < -0.3 is 5.32 Å². The molecule has 0 bridgehead atoms. The SMILES string of the molecule is O=C(CNc1cc(Br)c(Br)cc1Br)N/N=C/c1ccc(F)cc1. The molecular weight excluding hydrogens is 497 g/mol. The van der Waals surface area contributed by atoms with Crippen LogP contribution in [-0.4, -0.2) is 18.7 Å². The molecule has 0 saturated carbocycles. The molecule has 2 aromatic carbocycles. The number of hydrazone groups is 1. The molecule has 0 aliphatic rings. The predicted molar refractivity (Wildman–Crippen MR) is 100 cm³/mol. The average Bonchev–Trinajstić information content (AvgIpc) is 2.51. The Kier molecular flexibility index (Phi) is 6.73. The number of carbonyl (C=O) groups excluding carboxylic acids is 1. The van der Waals surface area contributed by atoms with E-state index >= 15 is 0 Å². The van der Waals surface area contributed by atoms with Crippen LogP contribution < -0.4 is 10.7 Å². The Bertz CT molecular complexity index is 735. The highest BCUT2D eigenvalue weighted by Gasteiger charge is 2.06. The molecule has 0 atom stereocenters. The predicted octanol–water partition coefficient (Wildman–Crippen LogP) is 4.68. The van der Waals surface area contributed by atoms with Crippen LogP contribution >= 0.6 is 47.8 Å². The number of rotatable bonds is 5. The molecule has 2 rings (SSSR count). The van der Waals surface area contributed by atoms with E-state index in [1.807, 2.05) is 12.1 Å². The fourth-order valence-electron chi connectivity index (χ4n) is 1.60. The van der Waals surface area contributed by atoms with Crippen LogP contribution in [0, 0.1) is 5.82 Å². The van der Waals surface area contributed by atoms with Gasteiger partial charge in [0.2, 0.25) is 0 Å². The van der Waals surface area contributed by atoms with E-state index in [4.69, 9.17) is 0 Å². The van der Waals surface area contributed by atoms with E-state index in [9.17, 15) is 9.18 Å². The second kappa shape index (κ2) is 8.56. The maximum Gasteiger partial charge on any atom is 0.259 e. The van der Waals surface area contributed by atoms with Gasteiger partial charge in [0.25, 0.3) is 5.91 Å². The van der Waals surface area contributed by atoms with Crippen molar-refractivity contribution >= 4 is 65.6 Å². The van der Waals surface area contributed by atoms with Gasteiger partial charge in [0.05, 0.1) is 18.4 Å². The molecule has 0 radical (unpaired) electrons. The lowest BCUT2D eigenvalue weighted by Gasteiger charge is -2.09. The highest BCUT2D eigenvalue weighted by Crippen LogP contribution is 2.32. The van der Waals surface area contributed by atoms with Crippen molar-refractivity contribution in [3.8, 4) is 0 Å². The number of nitrogens with zero attached hydrogens (tertiary/aromatic N) is 1. The second-order valence-corrected chi connectivity index (χ2v) is 7.01. The first-order chi connectivity index (χ1) is 11.0. The van der Waals surface area contributed by atoms with Crippen LogP contribution in [-0.2, 0) is 4.79 Å². The third kappa shape index (κ3) is 5.71. The van der Waals surface area contributed by atoms with Gasteiger partial charge in [-0.25, -0.2) is 9.82 Å². The zero-order chi connectivity index (χ0) is 16.8. The summed E-state index contributed by atoms with van der Waals surface area (Å²) in [6.07, 6.45) is 1.45. The van der Waals surface area contributed by atoms with Gasteiger partial charge in [-0.05, 0) is 77.6 Å². The summed E-state index contributed by atoms with van der Waals surface area (Å²) >= 11 is 10.2. The standard InChI is InChI=1S/C15H11Br3FN3O/c16-11-5-13(18)14(6-12(11)17)20-8-15(23)22-21-7-9-1-3-10(19)4-2-9/h1-7,20H,8H2,(H,22,23)/b21-7+. The molecule has 2 aromatic rings. The van der Waals surface area contributed by atoms with Crippen molar-refractivity contribution in [2.45, 2.75) is 0 Å². The topological polar surface area (TPSA) is 53.5 Å². The number of hydrogen-bond donors (Lipinski definition) is 2. The van der Waals surface area contributed by atoms with E-state index in [0.29, 0.717) is 5.56 Å². The lowest BCUT2D eigenvalue weighted by atomic mass is 10.2. The molecule has 120 valence electrons. The van der Waals surface area contributed by atoms with Crippen LogP contribution in [0.15, 0.2) is 54.9 Å². The molecule has 0 aromatic heterocycles. The molecule has 1 amide bonds. The highest BCUT2D eigenvalue weighted by molar-refractivity contribution is 9.13. The molecular formula is C15H11Br3FN3O. The molecule has 2 N–H and O–H groups in total. The van der Waals surface area contributed by atoms with Gasteiger partial charge in [-0.1, -0.05) is 12.1 Å². The Labute approximate surface area is 157 Å². The number of nitrogens with one attached hydrogen (secondary N) is 2. The van der Waals surface area contributed by atoms with Crippen molar-refractivity contribution in [3.63, 3.8) is 0 Å². The van der Waals surface area contributed by atoms with Crippen LogP contribution in [0.25, 0.3) is 0 Å². The summed E-state index contributed by atoms with van der Waals surface area (Å²) in [5, 5.41) is 6.83. The lowest BCUT2D eigenvalue weighted by molar-refractivity contribution is -0.119. The van der Waals surface area contributed by atoms with Gasteiger partial charge in [-0.3, -0.25) is 4.79 Å². The molecule has 0 spiro atoms. The minimum absolute atomic E-state index is 0.0629. The Morgan fingerprint density at radius 1 is 1.09 bits per heavy atom. The Morgan fingerprint density at radius 3 is 2.43 bits per heavy atom. The van der Waals surface area contributed by atoms with Crippen molar-refractivity contribution in [1.82, 2.24) is 5.43 Å². The lowest BCUT2D eigenvalue weighted by Crippen LogP contribution is -2.26. The van der Waals surface area contributed by atoms with Crippen molar-refractivity contribution in [2.24, 2.45) is 5.10 Å². The summed E-state index contributed by atoms with van der Waals surface area (Å²) in [5.41, 5.74) is 3.87. The van der Waals surface area contributed by atoms with Gasteiger partial charge in [0.15, 0.2) is 0 Å². The number of halogens is 4. The van der Waals surface area contributed by atoms with Gasteiger partial charge in [-0.15, -0.1) is 0 Å². The first kappa shape index (κ1) is 18.1. The zero-order valence-corrected chi connectivity index (χ0v) is 16.4. The molecule has 0 heterocycles. The van der Waals surface area contributed by atoms with Crippen LogP contribution in [0.2, 0.25) is 0 Å². The molecule has 8 heteroatoms. The molecule has 0 unspecified atom stereocenters. The third-order valence-electron chi connectivity index (χ3n) is 2.72. The first-order valence-corrected chi connectivity index (χ1v) is 8.79. The number of amides is 1. The van der Waals surface area contributed by atoms with Crippen LogP contribution in [0.5, 0.6) is 0 Å². The van der Waals surface area contributed by atoms with Crippen LogP contribution in [0.1, 0.15) is 5.56 Å². The van der Waals surface area contributed by atoms with Gasteiger partial charge in [0.1, 0.15) is 5.82 Å². The maximum atomic E-state index is 12.8. The minimum Gasteiger partial charge on any atom is -0.375 e. The highest BCUT2D eigenvalue weighted by atomic mass is 79.9. The fraction of sp³-hybridized carbons (Fsp3) is 0.0667. The Balaban J connectivity index is 1.86. The second-order valence-electron chi connectivity index (χ2n) is 4.44. The summed E-state index contributed by atoms with van der Waals surface area (Å²) in [7, 11) is 0. The van der Waals surface area contributed by atoms with E-state index in [0.717, 1.165) is 19.1 Å². The Morgan fingerprint density at radius 2 is 1.74 bits per heavy atom. The van der Waals surface area contributed by atoms with Crippen molar-refractivity contribution < 1.29 is 9.18 Å². The molecule has 23 heavy (non-hydrogen) atoms. The summed E-state index contributed by atoms with van der Waals surface area (Å²) in [6.45, 7) is 0.0629. The van der Waals surface area contributed by atoms with Crippen LogP contribution in [0.4, 0.5) is 10.1 Å². The van der Waals surface area contributed by atoms with Crippen molar-refractivity contribution in [2.75, 3.05) is 11.9 Å². The molecule has 0 saturated heterocycles. The molecule has 0 aliphatic carbocycles. The van der Waals surface area contributed by atoms with E-state index < -0.39 is 0 Å². The molecule has 4 nitrogen and oxygen atoms in total. The van der Waals surface area contributed by atoms with E-state index in [1.54, 1.807) is 12.1 Å². The third-order valence-corrected chi connectivity index (χ3v) is 5.22. The summed E-state index contributed by atoms with van der Waals surface area (Å²) in [4.78, 5) is 11.7. The smallest absolute Gasteiger partial charge is 0.259 e. The summed E-state index contributed by atoms with van der Waals surface area (Å²) in [6, 6.07) is 9.51. The summed E-state index contributed by atoms with van der Waals surface area (Å²) in [5.74, 6) is -0.615. The number of hydrogen-bond acceptors (Lipinski definition) is 3. The molecule has 0 fully saturated rings. The zero-order valence-electron chi connectivity index (χ0n) is 11.6.